The second kappa shape index (κ2) is 14.2. The van der Waals surface area contributed by atoms with Crippen LogP contribution in [0.5, 0.6) is 17.2 Å². The topological polar surface area (TPSA) is 224 Å². The minimum atomic E-state index is -1.35. The highest BCUT2D eigenvalue weighted by Crippen LogP contribution is 2.57. The van der Waals surface area contributed by atoms with Crippen LogP contribution < -0.4 is 21.6 Å². The fraction of sp³-hybridized carbons (Fsp3) is 0.286. The number of ether oxygens (including phenoxy) is 2. The van der Waals surface area contributed by atoms with Crippen molar-refractivity contribution in [3.8, 4) is 17.2 Å². The molecule has 3 aromatic heterocycles. The van der Waals surface area contributed by atoms with E-state index in [0.29, 0.717) is 40.9 Å². The van der Waals surface area contributed by atoms with Crippen LogP contribution in [-0.2, 0) is 34.4 Å². The average molecular weight is 747 g/mol. The summed E-state index contributed by atoms with van der Waals surface area (Å²) in [7, 11) is 0. The van der Waals surface area contributed by atoms with Crippen LogP contribution in [-0.4, -0.2) is 54.7 Å². The van der Waals surface area contributed by atoms with Gasteiger partial charge in [0, 0.05) is 58.5 Å². The Bertz CT molecular complexity index is 2440. The fourth-order valence-corrected chi connectivity index (χ4v) is 7.77. The highest BCUT2D eigenvalue weighted by molar-refractivity contribution is 5.93. The Morgan fingerprint density at radius 2 is 1.91 bits per heavy atom. The van der Waals surface area contributed by atoms with Crippen LogP contribution in [0.3, 0.4) is 0 Å². The molecule has 0 spiro atoms. The Morgan fingerprint density at radius 3 is 2.60 bits per heavy atom. The summed E-state index contributed by atoms with van der Waals surface area (Å²) in [5.74, 6) is -1.41. The molecule has 0 fully saturated rings. The van der Waals surface area contributed by atoms with Crippen LogP contribution in [0, 0.1) is 0 Å². The highest BCUT2D eigenvalue weighted by atomic mass is 16.6. The van der Waals surface area contributed by atoms with Crippen LogP contribution in [0.25, 0.3) is 17.0 Å². The van der Waals surface area contributed by atoms with Crippen molar-refractivity contribution in [3.05, 3.63) is 128 Å². The molecule has 0 amide bonds. The number of allylic oxidation sites excluding steroid dienone is 1. The number of aliphatic hydroxyl groups is 2. The molecule has 1 aliphatic heterocycles. The van der Waals surface area contributed by atoms with E-state index in [1.807, 2.05) is 6.07 Å². The minimum Gasteiger partial charge on any atom is -0.508 e. The van der Waals surface area contributed by atoms with Crippen molar-refractivity contribution in [2.75, 3.05) is 18.1 Å². The van der Waals surface area contributed by atoms with Crippen molar-refractivity contribution in [2.24, 2.45) is 0 Å². The Morgan fingerprint density at radius 1 is 1.11 bits per heavy atom. The molecule has 0 radical (unpaired) electrons. The molecule has 4 atom stereocenters. The number of aromatic nitrogens is 2. The summed E-state index contributed by atoms with van der Waals surface area (Å²) in [6.07, 6.45) is 8.03. The number of fused-ring (bicyclic) bond motifs is 3. The number of esters is 1. The van der Waals surface area contributed by atoms with Crippen LogP contribution in [0.2, 0.25) is 0 Å². The predicted octanol–water partition coefficient (Wildman–Crippen LogP) is 4.94. The van der Waals surface area contributed by atoms with Gasteiger partial charge in [0.1, 0.15) is 63.9 Å². The van der Waals surface area contributed by atoms with Gasteiger partial charge in [-0.25, -0.2) is 14.8 Å². The number of phenolic OH excluding ortho intramolecular Hbond substituents is 2. The fourth-order valence-electron chi connectivity index (χ4n) is 7.77. The summed E-state index contributed by atoms with van der Waals surface area (Å²) in [6, 6.07) is 12.8. The number of phenols is 2. The summed E-state index contributed by atoms with van der Waals surface area (Å²) < 4.78 is 19.5. The number of pyridine rings is 2. The average Bonchev–Trinajstić information content (AvgIpc) is 3.18. The molecule has 284 valence electrons. The Labute approximate surface area is 316 Å². The third-order valence-electron chi connectivity index (χ3n) is 11.0. The molecule has 8 N–H and O–H groups in total. The van der Waals surface area contributed by atoms with E-state index in [1.165, 1.54) is 18.3 Å². The zero-order valence-electron chi connectivity index (χ0n) is 30.6. The molecule has 5 aromatic rings. The number of nitrogens with two attached hydrogens (primary N) is 2. The summed E-state index contributed by atoms with van der Waals surface area (Å²) in [6.45, 7) is 4.02. The first-order valence-corrected chi connectivity index (χ1v) is 17.9. The van der Waals surface area contributed by atoms with Gasteiger partial charge in [0.25, 0.3) is 0 Å². The van der Waals surface area contributed by atoms with Gasteiger partial charge in [0.05, 0.1) is 6.61 Å². The lowest BCUT2D eigenvalue weighted by molar-refractivity contribution is -0.158. The number of hydrogen-bond acceptors (Lipinski definition) is 13. The summed E-state index contributed by atoms with van der Waals surface area (Å²) in [5.41, 5.74) is 12.2. The number of aromatic hydroxyl groups is 2. The van der Waals surface area contributed by atoms with Gasteiger partial charge in [-0.1, -0.05) is 36.4 Å². The number of nitrogens with zero attached hydrogens (tertiary/aromatic N) is 2. The summed E-state index contributed by atoms with van der Waals surface area (Å²) in [4.78, 5) is 35.8. The molecule has 4 heterocycles. The molecule has 7 rings (SSSR count). The lowest BCUT2D eigenvalue weighted by atomic mass is 9.61. The Balaban J connectivity index is 1.56. The molecule has 13 heteroatoms. The van der Waals surface area contributed by atoms with Crippen molar-refractivity contribution in [3.63, 3.8) is 0 Å². The SMILES string of the molecule is C/C=C(/C)C(=O)O[C@@H]1Cc2c(c([C@@H]3c4ccnc(N)c4C=C[C@@]3(CO)c3cccc(O)c3)c3oc(CO)cc(=O)c3c2O)O[C@@]1(C)CCc1ccc(N)nc1. The molecular formula is C42H42N4O9. The maximum atomic E-state index is 13.9. The van der Waals surface area contributed by atoms with Crippen molar-refractivity contribution >= 4 is 34.7 Å². The number of carbonyl (C=O) groups is 1. The van der Waals surface area contributed by atoms with E-state index in [9.17, 15) is 30.0 Å². The van der Waals surface area contributed by atoms with Gasteiger partial charge in [-0.2, -0.15) is 0 Å². The molecule has 0 bridgehead atoms. The number of nitrogen functional groups attached to an aromatic ring is 2. The number of rotatable bonds is 9. The van der Waals surface area contributed by atoms with E-state index in [4.69, 9.17) is 25.4 Å². The van der Waals surface area contributed by atoms with E-state index in [1.54, 1.807) is 69.5 Å². The lowest BCUT2D eigenvalue weighted by Gasteiger charge is -2.46. The molecule has 2 aliphatic rings. The van der Waals surface area contributed by atoms with Gasteiger partial charge in [0.15, 0.2) is 5.43 Å². The van der Waals surface area contributed by atoms with Gasteiger partial charge in [0.2, 0.25) is 0 Å². The number of anilines is 2. The molecule has 0 saturated heterocycles. The zero-order chi connectivity index (χ0) is 39.2. The molecule has 13 nitrogen and oxygen atoms in total. The minimum absolute atomic E-state index is 0.0498. The maximum Gasteiger partial charge on any atom is 0.333 e. The third-order valence-corrected chi connectivity index (χ3v) is 11.0. The van der Waals surface area contributed by atoms with Crippen molar-refractivity contribution < 1.29 is 39.1 Å². The van der Waals surface area contributed by atoms with Crippen molar-refractivity contribution in [1.82, 2.24) is 9.97 Å². The van der Waals surface area contributed by atoms with Gasteiger partial charge >= 0.3 is 5.97 Å². The number of aliphatic hydroxyl groups excluding tert-OH is 2. The second-order valence-corrected chi connectivity index (χ2v) is 14.3. The van der Waals surface area contributed by atoms with E-state index < -0.39 is 53.4 Å². The van der Waals surface area contributed by atoms with Gasteiger partial charge < -0.3 is 45.8 Å². The van der Waals surface area contributed by atoms with Crippen LogP contribution in [0.4, 0.5) is 11.6 Å². The molecular weight excluding hydrogens is 704 g/mol. The van der Waals surface area contributed by atoms with Crippen molar-refractivity contribution in [2.45, 2.75) is 69.7 Å². The Kier molecular flexibility index (Phi) is 9.61. The van der Waals surface area contributed by atoms with E-state index in [0.717, 1.165) is 11.6 Å². The first kappa shape index (κ1) is 37.1. The molecule has 0 saturated carbocycles. The molecule has 1 aliphatic carbocycles. The van der Waals surface area contributed by atoms with Gasteiger partial charge in [-0.05, 0) is 74.6 Å². The summed E-state index contributed by atoms with van der Waals surface area (Å²) >= 11 is 0. The second-order valence-electron chi connectivity index (χ2n) is 14.3. The number of carbonyl (C=O) groups excluding carboxylic acids is 1. The van der Waals surface area contributed by atoms with Crippen LogP contribution >= 0.6 is 0 Å². The van der Waals surface area contributed by atoms with E-state index in [2.05, 4.69) is 9.97 Å². The normalized spacial score (nSPS) is 21.8. The first-order chi connectivity index (χ1) is 26.3. The first-order valence-electron chi connectivity index (χ1n) is 17.9. The third kappa shape index (κ3) is 6.34. The van der Waals surface area contributed by atoms with Gasteiger partial charge in [-0.3, -0.25) is 4.79 Å². The molecule has 0 unspecified atom stereocenters. The quantitative estimate of drug-likeness (QED) is 0.0869. The number of benzene rings is 2. The van der Waals surface area contributed by atoms with Crippen molar-refractivity contribution in [1.29, 1.82) is 0 Å². The van der Waals surface area contributed by atoms with E-state index >= 15 is 0 Å². The lowest BCUT2D eigenvalue weighted by Crippen LogP contribution is -2.52. The molecule has 2 aromatic carbocycles. The monoisotopic (exact) mass is 746 g/mol. The largest absolute Gasteiger partial charge is 0.508 e. The smallest absolute Gasteiger partial charge is 0.333 e. The standard InChI is InChI=1S/C42H42N4O9/c1-4-22(2)40(52)54-31-18-29-36(51)33-30(50)17-26(20-47)53-38(33)34(37(29)55-41(31,3)13-10-23-8-9-32(43)46-19-23)35-27-12-15-45-39(44)28(27)11-14-42(35,21-48)24-6-5-7-25(49)16-24/h4-9,11-12,14-17,19,31,35,47-49,51H,10,13,18,20-21H2,1-3H3,(H2,43,46)(H2,44,45)/b22-4-/t31-,35+,41+,42-/m1/s1. The van der Waals surface area contributed by atoms with E-state index in [-0.39, 0.29) is 51.6 Å². The van der Waals surface area contributed by atoms with Crippen LogP contribution in [0.1, 0.15) is 72.3 Å². The van der Waals surface area contributed by atoms with Crippen LogP contribution in [0.15, 0.2) is 87.9 Å². The maximum absolute atomic E-state index is 13.9. The number of aryl methyl sites for hydroxylation is 1. The van der Waals surface area contributed by atoms with Gasteiger partial charge in [-0.15, -0.1) is 0 Å². The number of hydrogen-bond donors (Lipinski definition) is 6. The highest BCUT2D eigenvalue weighted by Gasteiger charge is 2.51. The Hall–Kier alpha value is -6.18. The zero-order valence-corrected chi connectivity index (χ0v) is 30.6. The summed E-state index contributed by atoms with van der Waals surface area (Å²) in [5, 5.41) is 44.4. The molecule has 55 heavy (non-hydrogen) atoms. The predicted molar refractivity (Wildman–Crippen MR) is 205 cm³/mol.